The van der Waals surface area contributed by atoms with Crippen LogP contribution in [0, 0.1) is 0 Å². The average Bonchev–Trinajstić information content (AvgIpc) is 2.82. The van der Waals surface area contributed by atoms with Crippen molar-refractivity contribution in [3.05, 3.63) is 0 Å². The number of ether oxygens (including phenoxy) is 3. The van der Waals surface area contributed by atoms with Crippen molar-refractivity contribution in [2.24, 2.45) is 0 Å². The quantitative estimate of drug-likeness (QED) is 0.238. The van der Waals surface area contributed by atoms with E-state index in [1.807, 2.05) is 0 Å². The van der Waals surface area contributed by atoms with Crippen LogP contribution in [0.3, 0.4) is 0 Å². The van der Waals surface area contributed by atoms with Crippen LogP contribution in [0.1, 0.15) is 0 Å². The van der Waals surface area contributed by atoms with Crippen LogP contribution in [-0.4, -0.2) is 115 Å². The number of aliphatic hydroxyl groups excluding tert-OH is 8. The van der Waals surface area contributed by atoms with Crippen molar-refractivity contribution < 1.29 is 55.1 Å². The van der Waals surface area contributed by atoms with Gasteiger partial charge in [-0.1, -0.05) is 0 Å². The second-order valence-electron chi connectivity index (χ2n) is 5.57. The molecule has 2 rings (SSSR count). The fourth-order valence-electron chi connectivity index (χ4n) is 2.49. The van der Waals surface area contributed by atoms with E-state index >= 15 is 0 Å². The lowest BCUT2D eigenvalue weighted by atomic mass is 9.99. The molecule has 2 saturated heterocycles. The van der Waals surface area contributed by atoms with Crippen LogP contribution in [0.15, 0.2) is 0 Å². The minimum absolute atomic E-state index is 0.446. The highest BCUT2D eigenvalue weighted by Crippen LogP contribution is 2.26. The fourth-order valence-corrected chi connectivity index (χ4v) is 2.49. The third-order valence-electron chi connectivity index (χ3n) is 3.93. The molecule has 8 N–H and O–H groups in total. The van der Waals surface area contributed by atoms with Crippen molar-refractivity contribution in [2.75, 3.05) is 13.2 Å². The summed E-state index contributed by atoms with van der Waals surface area (Å²) in [7, 11) is 0. The second kappa shape index (κ2) is 7.63. The van der Waals surface area contributed by atoms with Crippen molar-refractivity contribution in [3.8, 4) is 0 Å². The van der Waals surface area contributed by atoms with Crippen LogP contribution >= 0.6 is 0 Å². The Morgan fingerprint density at radius 1 is 0.826 bits per heavy atom. The van der Waals surface area contributed by atoms with Crippen molar-refractivity contribution in [1.82, 2.24) is 0 Å². The smallest absolute Gasteiger partial charge is 0.186 e. The Hall–Kier alpha value is -0.440. The number of hydrogen-bond donors (Lipinski definition) is 8. The molecule has 0 bridgehead atoms. The summed E-state index contributed by atoms with van der Waals surface area (Å²) in [6.45, 7) is -1.14. The van der Waals surface area contributed by atoms with Gasteiger partial charge >= 0.3 is 0 Å². The third kappa shape index (κ3) is 3.81. The van der Waals surface area contributed by atoms with E-state index < -0.39 is 74.6 Å². The summed E-state index contributed by atoms with van der Waals surface area (Å²) in [5, 5.41) is 75.8. The number of rotatable bonds is 5. The highest BCUT2D eigenvalue weighted by Gasteiger charge is 2.48. The Balaban J connectivity index is 1.90. The zero-order chi connectivity index (χ0) is 17.3. The normalized spacial score (nSPS) is 49.3. The molecule has 0 radical (unpaired) electrons. The number of aliphatic hydroxyl groups is 8. The monoisotopic (exact) mass is 342 g/mol. The molecule has 23 heavy (non-hydrogen) atoms. The van der Waals surface area contributed by atoms with Crippen LogP contribution in [0.25, 0.3) is 0 Å². The van der Waals surface area contributed by atoms with Gasteiger partial charge in [-0.15, -0.1) is 0 Å². The van der Waals surface area contributed by atoms with E-state index in [4.69, 9.17) is 19.3 Å². The topological polar surface area (TPSA) is 190 Å². The lowest BCUT2D eigenvalue weighted by molar-refractivity contribution is -0.298. The maximum Gasteiger partial charge on any atom is 0.186 e. The summed E-state index contributed by atoms with van der Waals surface area (Å²) in [6, 6.07) is 0. The summed E-state index contributed by atoms with van der Waals surface area (Å²) in [4.78, 5) is 0. The molecule has 10 unspecified atom stereocenters. The molecule has 11 nitrogen and oxygen atoms in total. The molecule has 0 saturated carbocycles. The van der Waals surface area contributed by atoms with E-state index in [0.717, 1.165) is 0 Å². The summed E-state index contributed by atoms with van der Waals surface area (Å²) in [5.41, 5.74) is 0. The predicted molar refractivity (Wildman–Crippen MR) is 68.6 cm³/mol. The molecule has 11 heteroatoms. The SMILES string of the molecule is OCC(O)C1OC(OCC2OC(O)C(O)C(O)C2O)C(O)C1O. The Labute approximate surface area is 130 Å². The third-order valence-corrected chi connectivity index (χ3v) is 3.93. The van der Waals surface area contributed by atoms with Gasteiger partial charge in [0.2, 0.25) is 0 Å². The maximum atomic E-state index is 9.78. The van der Waals surface area contributed by atoms with Gasteiger partial charge < -0.3 is 55.1 Å². The summed E-state index contributed by atoms with van der Waals surface area (Å²) >= 11 is 0. The van der Waals surface area contributed by atoms with Gasteiger partial charge in [-0.25, -0.2) is 0 Å². The molecule has 0 spiro atoms. The van der Waals surface area contributed by atoms with E-state index in [1.165, 1.54) is 0 Å². The Morgan fingerprint density at radius 3 is 2.09 bits per heavy atom. The highest BCUT2D eigenvalue weighted by molar-refractivity contribution is 4.92. The summed E-state index contributed by atoms with van der Waals surface area (Å²) in [6.07, 6.45) is -15.0. The molecule has 0 aromatic rings. The van der Waals surface area contributed by atoms with Gasteiger partial charge in [-0.05, 0) is 0 Å². The highest BCUT2D eigenvalue weighted by atomic mass is 16.7. The van der Waals surface area contributed by atoms with E-state index in [9.17, 15) is 35.7 Å². The van der Waals surface area contributed by atoms with Gasteiger partial charge in [0.1, 0.15) is 48.8 Å². The molecule has 2 fully saturated rings. The molecule has 2 aliphatic heterocycles. The standard InChI is InChI=1S/C12H22O11/c13-1-3(14)10-7(17)9(19)12(23-10)21-2-4-5(15)6(16)8(18)11(20)22-4/h3-20H,1-2H2. The second-order valence-corrected chi connectivity index (χ2v) is 5.57. The zero-order valence-corrected chi connectivity index (χ0v) is 12.0. The van der Waals surface area contributed by atoms with Crippen molar-refractivity contribution in [2.45, 2.75) is 61.4 Å². The molecule has 136 valence electrons. The summed E-state index contributed by atoms with van der Waals surface area (Å²) < 4.78 is 15.1. The maximum absolute atomic E-state index is 9.78. The molecule has 2 aliphatic rings. The van der Waals surface area contributed by atoms with Gasteiger partial charge in [-0.3, -0.25) is 0 Å². The van der Waals surface area contributed by atoms with E-state index in [2.05, 4.69) is 0 Å². The van der Waals surface area contributed by atoms with Gasteiger partial charge in [0.05, 0.1) is 13.2 Å². The van der Waals surface area contributed by atoms with E-state index in [1.54, 1.807) is 0 Å². The van der Waals surface area contributed by atoms with Crippen LogP contribution in [0.4, 0.5) is 0 Å². The van der Waals surface area contributed by atoms with Crippen molar-refractivity contribution in [3.63, 3.8) is 0 Å². The largest absolute Gasteiger partial charge is 0.394 e. The van der Waals surface area contributed by atoms with E-state index in [0.29, 0.717) is 0 Å². The number of hydrogen-bond acceptors (Lipinski definition) is 11. The minimum atomic E-state index is -1.73. The van der Waals surface area contributed by atoms with Gasteiger partial charge in [-0.2, -0.15) is 0 Å². The Morgan fingerprint density at radius 2 is 1.48 bits per heavy atom. The van der Waals surface area contributed by atoms with Crippen molar-refractivity contribution in [1.29, 1.82) is 0 Å². The van der Waals surface area contributed by atoms with Gasteiger partial charge in [0.25, 0.3) is 0 Å². The first kappa shape index (κ1) is 18.9. The summed E-state index contributed by atoms with van der Waals surface area (Å²) in [5.74, 6) is 0. The molecule has 2 heterocycles. The molecule has 0 aromatic carbocycles. The fraction of sp³-hybridized carbons (Fsp3) is 1.00. The Kier molecular flexibility index (Phi) is 6.27. The van der Waals surface area contributed by atoms with Gasteiger partial charge in [0.15, 0.2) is 12.6 Å². The average molecular weight is 342 g/mol. The first-order valence-corrected chi connectivity index (χ1v) is 7.07. The molecule has 10 atom stereocenters. The minimum Gasteiger partial charge on any atom is -0.394 e. The molecular weight excluding hydrogens is 320 g/mol. The van der Waals surface area contributed by atoms with Crippen LogP contribution in [0.2, 0.25) is 0 Å². The lowest BCUT2D eigenvalue weighted by Crippen LogP contribution is -2.58. The molecular formula is C12H22O11. The predicted octanol–water partition coefficient (Wildman–Crippen LogP) is -5.40. The Bertz CT molecular complexity index is 382. The molecule has 0 aromatic heterocycles. The van der Waals surface area contributed by atoms with Crippen LogP contribution < -0.4 is 0 Å². The molecule has 0 aliphatic carbocycles. The molecule has 0 amide bonds. The van der Waals surface area contributed by atoms with Crippen molar-refractivity contribution >= 4 is 0 Å². The first-order valence-electron chi connectivity index (χ1n) is 7.07. The van der Waals surface area contributed by atoms with E-state index in [-0.39, 0.29) is 0 Å². The van der Waals surface area contributed by atoms with Crippen LogP contribution in [-0.2, 0) is 14.2 Å². The first-order chi connectivity index (χ1) is 10.8. The van der Waals surface area contributed by atoms with Gasteiger partial charge in [0, 0.05) is 0 Å². The lowest BCUT2D eigenvalue weighted by Gasteiger charge is -2.38. The zero-order valence-electron chi connectivity index (χ0n) is 12.0. The van der Waals surface area contributed by atoms with Crippen LogP contribution in [0.5, 0.6) is 0 Å².